The lowest BCUT2D eigenvalue weighted by molar-refractivity contribution is -0.885. The first-order chi connectivity index (χ1) is 14.1. The van der Waals surface area contributed by atoms with E-state index in [4.69, 9.17) is 14.2 Å². The van der Waals surface area contributed by atoms with E-state index in [-0.39, 0.29) is 5.91 Å². The maximum absolute atomic E-state index is 12.7. The van der Waals surface area contributed by atoms with Crippen molar-refractivity contribution in [3.8, 4) is 11.5 Å². The van der Waals surface area contributed by atoms with Gasteiger partial charge in [-0.25, -0.2) is 0 Å². The summed E-state index contributed by atoms with van der Waals surface area (Å²) in [5.41, 5.74) is 2.88. The third-order valence-corrected chi connectivity index (χ3v) is 4.97. The fourth-order valence-electron chi connectivity index (χ4n) is 3.61. The van der Waals surface area contributed by atoms with Gasteiger partial charge in [0.2, 0.25) is 0 Å². The van der Waals surface area contributed by atoms with Gasteiger partial charge in [0.25, 0.3) is 5.91 Å². The van der Waals surface area contributed by atoms with E-state index < -0.39 is 0 Å². The number of nitrogens with zero attached hydrogens (tertiary/aromatic N) is 1. The van der Waals surface area contributed by atoms with Crippen LogP contribution in [0.5, 0.6) is 11.5 Å². The topological polar surface area (TPSA) is 64.5 Å². The van der Waals surface area contributed by atoms with Crippen LogP contribution in [-0.2, 0) is 16.1 Å². The molecule has 1 unspecified atom stereocenters. The lowest BCUT2D eigenvalue weighted by atomic mass is 10.1. The molecule has 1 saturated heterocycles. The molecule has 7 nitrogen and oxygen atoms in total. The van der Waals surface area contributed by atoms with Crippen molar-refractivity contribution in [2.75, 3.05) is 64.3 Å². The second-order valence-corrected chi connectivity index (χ2v) is 7.13. The van der Waals surface area contributed by atoms with Gasteiger partial charge in [0.05, 0.1) is 51.4 Å². The summed E-state index contributed by atoms with van der Waals surface area (Å²) in [6.07, 6.45) is 0. The van der Waals surface area contributed by atoms with Crippen molar-refractivity contribution < 1.29 is 23.9 Å². The fourth-order valence-corrected chi connectivity index (χ4v) is 3.61. The van der Waals surface area contributed by atoms with E-state index in [9.17, 15) is 4.79 Å². The van der Waals surface area contributed by atoms with E-state index in [1.807, 2.05) is 49.5 Å². The Balaban J connectivity index is 1.63. The highest BCUT2D eigenvalue weighted by molar-refractivity contribution is 5.95. The second-order valence-electron chi connectivity index (χ2n) is 7.13. The zero-order valence-electron chi connectivity index (χ0n) is 17.4. The van der Waals surface area contributed by atoms with Gasteiger partial charge in [0, 0.05) is 13.1 Å². The van der Waals surface area contributed by atoms with Crippen molar-refractivity contribution in [3.63, 3.8) is 0 Å². The molecule has 0 spiro atoms. The smallest absolute Gasteiger partial charge is 0.279 e. The number of quaternary nitrogens is 1. The summed E-state index contributed by atoms with van der Waals surface area (Å²) < 4.78 is 16.3. The molecule has 0 aliphatic carbocycles. The number of carbonyl (C=O) groups is 1. The molecule has 2 aromatic carbocycles. The normalized spacial score (nSPS) is 14.9. The number of anilines is 2. The molecule has 0 bridgehead atoms. The first kappa shape index (κ1) is 21.0. The number of morpholine rings is 1. The minimum atomic E-state index is -0.0231. The summed E-state index contributed by atoms with van der Waals surface area (Å²) >= 11 is 0. The molecular formula is C22H30N3O4+. The van der Waals surface area contributed by atoms with Crippen LogP contribution in [0, 0.1) is 0 Å². The number of nitrogens with one attached hydrogen (secondary N) is 2. The molecule has 1 aliphatic rings. The van der Waals surface area contributed by atoms with Crippen LogP contribution in [0.2, 0.25) is 0 Å². The number of likely N-dealkylation sites (N-methyl/N-ethyl adjacent to an activating group) is 1. The van der Waals surface area contributed by atoms with Crippen molar-refractivity contribution in [3.05, 3.63) is 48.0 Å². The molecule has 2 aromatic rings. The summed E-state index contributed by atoms with van der Waals surface area (Å²) in [6.45, 7) is 4.06. The van der Waals surface area contributed by atoms with Crippen molar-refractivity contribution in [2.45, 2.75) is 6.54 Å². The van der Waals surface area contributed by atoms with Crippen LogP contribution in [0.1, 0.15) is 5.56 Å². The molecule has 2 N–H and O–H groups in total. The van der Waals surface area contributed by atoms with Crippen molar-refractivity contribution >= 4 is 17.3 Å². The molecule has 0 saturated carbocycles. The van der Waals surface area contributed by atoms with Crippen LogP contribution < -0.4 is 24.6 Å². The Bertz CT molecular complexity index is 821. The molecule has 1 fully saturated rings. The maximum atomic E-state index is 12.7. The molecule has 7 heteroatoms. The summed E-state index contributed by atoms with van der Waals surface area (Å²) in [5, 5.41) is 3.08. The molecule has 0 aromatic heterocycles. The highest BCUT2D eigenvalue weighted by Gasteiger charge is 2.19. The molecule has 0 radical (unpaired) electrons. The Hall–Kier alpha value is -2.77. The molecule has 1 heterocycles. The van der Waals surface area contributed by atoms with E-state index >= 15 is 0 Å². The zero-order valence-corrected chi connectivity index (χ0v) is 17.4. The van der Waals surface area contributed by atoms with Gasteiger partial charge in [0.15, 0.2) is 18.0 Å². The predicted molar refractivity (Wildman–Crippen MR) is 113 cm³/mol. The molecular weight excluding hydrogens is 370 g/mol. The minimum absolute atomic E-state index is 0.0231. The molecule has 1 amide bonds. The van der Waals surface area contributed by atoms with Gasteiger partial charge in [-0.3, -0.25) is 4.79 Å². The van der Waals surface area contributed by atoms with E-state index in [1.165, 1.54) is 0 Å². The van der Waals surface area contributed by atoms with Crippen LogP contribution >= 0.6 is 0 Å². The molecule has 3 rings (SSSR count). The molecule has 29 heavy (non-hydrogen) atoms. The Labute approximate surface area is 172 Å². The average molecular weight is 400 g/mol. The second kappa shape index (κ2) is 10.1. The van der Waals surface area contributed by atoms with Crippen LogP contribution in [0.25, 0.3) is 0 Å². The predicted octanol–water partition coefficient (Wildman–Crippen LogP) is 1.19. The largest absolute Gasteiger partial charge is 0.493 e. The third-order valence-electron chi connectivity index (χ3n) is 4.97. The van der Waals surface area contributed by atoms with Crippen molar-refractivity contribution in [1.82, 2.24) is 0 Å². The fraction of sp³-hybridized carbons (Fsp3) is 0.409. The average Bonchev–Trinajstić information content (AvgIpc) is 2.74. The maximum Gasteiger partial charge on any atom is 0.279 e. The number of carbonyl (C=O) groups excluding carboxylic acids is 1. The Morgan fingerprint density at radius 3 is 2.59 bits per heavy atom. The number of para-hydroxylation sites is 3. The Kier molecular flexibility index (Phi) is 7.32. The summed E-state index contributed by atoms with van der Waals surface area (Å²) in [5.74, 6) is 1.39. The Morgan fingerprint density at radius 1 is 1.10 bits per heavy atom. The first-order valence-corrected chi connectivity index (χ1v) is 9.85. The number of rotatable bonds is 8. The SMILES string of the molecule is COc1cccc(C[NH+](C)CC(=O)Nc2ccccc2N2CCOCC2)c1OC. The summed E-state index contributed by atoms with van der Waals surface area (Å²) in [6, 6.07) is 13.7. The van der Waals surface area contributed by atoms with Gasteiger partial charge in [-0.2, -0.15) is 0 Å². The van der Waals surface area contributed by atoms with Gasteiger partial charge in [-0.15, -0.1) is 0 Å². The zero-order chi connectivity index (χ0) is 20.6. The Morgan fingerprint density at radius 2 is 1.86 bits per heavy atom. The van der Waals surface area contributed by atoms with Gasteiger partial charge >= 0.3 is 0 Å². The molecule has 1 atom stereocenters. The monoisotopic (exact) mass is 400 g/mol. The number of hydrogen-bond acceptors (Lipinski definition) is 5. The van der Waals surface area contributed by atoms with Gasteiger partial charge < -0.3 is 29.3 Å². The van der Waals surface area contributed by atoms with Crippen LogP contribution in [0.15, 0.2) is 42.5 Å². The van der Waals surface area contributed by atoms with E-state index in [0.29, 0.717) is 37.8 Å². The van der Waals surface area contributed by atoms with Crippen LogP contribution in [0.4, 0.5) is 11.4 Å². The summed E-state index contributed by atoms with van der Waals surface area (Å²) in [7, 11) is 5.25. The van der Waals surface area contributed by atoms with E-state index in [0.717, 1.165) is 34.9 Å². The third kappa shape index (κ3) is 5.40. The number of amides is 1. The van der Waals surface area contributed by atoms with Crippen LogP contribution in [-0.4, -0.2) is 60.0 Å². The first-order valence-electron chi connectivity index (χ1n) is 9.85. The van der Waals surface area contributed by atoms with Gasteiger partial charge in [-0.1, -0.05) is 18.2 Å². The summed E-state index contributed by atoms with van der Waals surface area (Å²) in [4.78, 5) is 16.0. The lowest BCUT2D eigenvalue weighted by Crippen LogP contribution is -3.08. The molecule has 156 valence electrons. The standard InChI is InChI=1S/C22H29N3O4/c1-24(15-17-7-6-10-20(27-2)22(17)28-3)16-21(26)23-18-8-4-5-9-19(18)25-11-13-29-14-12-25/h4-10H,11-16H2,1-3H3,(H,23,26)/p+1. The van der Waals surface area contributed by atoms with Crippen molar-refractivity contribution in [2.24, 2.45) is 0 Å². The van der Waals surface area contributed by atoms with Crippen LogP contribution in [0.3, 0.4) is 0 Å². The number of benzene rings is 2. The quantitative estimate of drug-likeness (QED) is 0.697. The number of methoxy groups -OCH3 is 2. The van der Waals surface area contributed by atoms with Gasteiger partial charge in [-0.05, 0) is 24.3 Å². The lowest BCUT2D eigenvalue weighted by Gasteiger charge is -2.30. The minimum Gasteiger partial charge on any atom is -0.493 e. The van der Waals surface area contributed by atoms with Gasteiger partial charge in [0.1, 0.15) is 6.54 Å². The van der Waals surface area contributed by atoms with Crippen molar-refractivity contribution in [1.29, 1.82) is 0 Å². The van der Waals surface area contributed by atoms with E-state index in [1.54, 1.807) is 14.2 Å². The highest BCUT2D eigenvalue weighted by atomic mass is 16.5. The highest BCUT2D eigenvalue weighted by Crippen LogP contribution is 2.30. The molecule has 1 aliphatic heterocycles. The number of hydrogen-bond donors (Lipinski definition) is 2. The number of ether oxygens (including phenoxy) is 3. The van der Waals surface area contributed by atoms with E-state index in [2.05, 4.69) is 10.2 Å².